The fraction of sp³-hybridized carbons (Fsp3) is 0.318. The minimum atomic E-state index is 0.331. The van der Waals surface area contributed by atoms with Gasteiger partial charge < -0.3 is 14.2 Å². The lowest BCUT2D eigenvalue weighted by atomic mass is 9.99. The zero-order chi connectivity index (χ0) is 21.3. The van der Waals surface area contributed by atoms with Gasteiger partial charge in [-0.3, -0.25) is 0 Å². The first-order valence-electron chi connectivity index (χ1n) is 9.72. The zero-order valence-corrected chi connectivity index (χ0v) is 18.0. The highest BCUT2D eigenvalue weighted by Crippen LogP contribution is 2.36. The molecule has 0 saturated heterocycles. The molecule has 2 aromatic carbocycles. The van der Waals surface area contributed by atoms with Gasteiger partial charge in [0.2, 0.25) is 0 Å². The SMILES string of the molecule is CC[C@H](C)c1ccc(OCCOc2c(Cl)cc(/C=N\n3cnnc3)cc2OC)cc1. The molecule has 3 aromatic rings. The van der Waals surface area contributed by atoms with Crippen molar-refractivity contribution in [1.29, 1.82) is 0 Å². The van der Waals surface area contributed by atoms with E-state index in [2.05, 4.69) is 41.3 Å². The van der Waals surface area contributed by atoms with Crippen molar-refractivity contribution in [2.24, 2.45) is 5.10 Å². The molecule has 158 valence electrons. The van der Waals surface area contributed by atoms with Crippen LogP contribution in [0.25, 0.3) is 0 Å². The Morgan fingerprint density at radius 2 is 1.80 bits per heavy atom. The topological polar surface area (TPSA) is 70.8 Å². The van der Waals surface area contributed by atoms with Crippen LogP contribution in [0.3, 0.4) is 0 Å². The van der Waals surface area contributed by atoms with Crippen molar-refractivity contribution in [2.75, 3.05) is 20.3 Å². The summed E-state index contributed by atoms with van der Waals surface area (Å²) in [4.78, 5) is 0. The van der Waals surface area contributed by atoms with Gasteiger partial charge in [-0.25, -0.2) is 4.68 Å². The molecule has 0 aliphatic heterocycles. The van der Waals surface area contributed by atoms with Gasteiger partial charge in [-0.2, -0.15) is 5.10 Å². The van der Waals surface area contributed by atoms with Crippen molar-refractivity contribution < 1.29 is 14.2 Å². The lowest BCUT2D eigenvalue weighted by molar-refractivity contribution is 0.211. The summed E-state index contributed by atoms with van der Waals surface area (Å²) >= 11 is 6.39. The Labute approximate surface area is 181 Å². The van der Waals surface area contributed by atoms with Gasteiger partial charge in [-0.1, -0.05) is 37.6 Å². The molecule has 0 N–H and O–H groups in total. The fourth-order valence-corrected chi connectivity index (χ4v) is 3.05. The molecule has 0 unspecified atom stereocenters. The van der Waals surface area contributed by atoms with Gasteiger partial charge in [-0.15, -0.1) is 10.2 Å². The highest BCUT2D eigenvalue weighted by atomic mass is 35.5. The Morgan fingerprint density at radius 1 is 1.10 bits per heavy atom. The largest absolute Gasteiger partial charge is 0.493 e. The van der Waals surface area contributed by atoms with Gasteiger partial charge in [0, 0.05) is 0 Å². The summed E-state index contributed by atoms with van der Waals surface area (Å²) in [5, 5.41) is 12.0. The Hall–Kier alpha value is -3.06. The van der Waals surface area contributed by atoms with E-state index in [0.717, 1.165) is 17.7 Å². The van der Waals surface area contributed by atoms with E-state index in [1.54, 1.807) is 25.5 Å². The number of halogens is 1. The maximum absolute atomic E-state index is 6.39. The van der Waals surface area contributed by atoms with Crippen molar-refractivity contribution in [2.45, 2.75) is 26.2 Å². The molecule has 0 radical (unpaired) electrons. The van der Waals surface area contributed by atoms with Crippen LogP contribution in [0.2, 0.25) is 5.02 Å². The number of aromatic nitrogens is 3. The third kappa shape index (κ3) is 5.73. The first-order valence-corrected chi connectivity index (χ1v) is 10.1. The number of methoxy groups -OCH3 is 1. The molecule has 0 bridgehead atoms. The molecular formula is C22H25ClN4O3. The molecule has 1 heterocycles. The third-order valence-corrected chi connectivity index (χ3v) is 4.94. The molecule has 0 fully saturated rings. The number of rotatable bonds is 10. The minimum absolute atomic E-state index is 0.331. The Bertz CT molecular complexity index is 959. The smallest absolute Gasteiger partial charge is 0.179 e. The maximum atomic E-state index is 6.39. The van der Waals surface area contributed by atoms with Crippen LogP contribution < -0.4 is 14.2 Å². The predicted octanol–water partition coefficient (Wildman–Crippen LogP) is 4.79. The van der Waals surface area contributed by atoms with Crippen LogP contribution in [0.1, 0.15) is 37.3 Å². The standard InChI is InChI=1S/C22H25ClN4O3/c1-4-16(2)18-5-7-19(8-6-18)29-9-10-30-22-20(23)11-17(12-21(22)28-3)13-26-27-14-24-25-15-27/h5-8,11-16H,4,9-10H2,1-3H3/b26-13-/t16-/m0/s1. The van der Waals surface area contributed by atoms with Crippen LogP contribution >= 0.6 is 11.6 Å². The maximum Gasteiger partial charge on any atom is 0.179 e. The zero-order valence-electron chi connectivity index (χ0n) is 17.3. The van der Waals surface area contributed by atoms with E-state index in [9.17, 15) is 0 Å². The molecular weight excluding hydrogens is 404 g/mol. The van der Waals surface area contributed by atoms with Crippen LogP contribution in [0.4, 0.5) is 0 Å². The lowest BCUT2D eigenvalue weighted by Crippen LogP contribution is -2.10. The van der Waals surface area contributed by atoms with Gasteiger partial charge in [0.05, 0.1) is 18.3 Å². The Kier molecular flexibility index (Phi) is 7.68. The molecule has 1 atom stereocenters. The van der Waals surface area contributed by atoms with Gasteiger partial charge in [0.1, 0.15) is 31.6 Å². The summed E-state index contributed by atoms with van der Waals surface area (Å²) in [6.07, 6.45) is 5.73. The number of hydrogen-bond donors (Lipinski definition) is 0. The molecule has 3 rings (SSSR count). The highest BCUT2D eigenvalue weighted by molar-refractivity contribution is 6.32. The van der Waals surface area contributed by atoms with Crippen LogP contribution in [0.15, 0.2) is 54.2 Å². The van der Waals surface area contributed by atoms with Gasteiger partial charge in [0.25, 0.3) is 0 Å². The monoisotopic (exact) mass is 428 g/mol. The average Bonchev–Trinajstić information content (AvgIpc) is 3.29. The first kappa shape index (κ1) is 21.6. The first-order chi connectivity index (χ1) is 14.6. The predicted molar refractivity (Wildman–Crippen MR) is 117 cm³/mol. The fourth-order valence-electron chi connectivity index (χ4n) is 2.77. The summed E-state index contributed by atoms with van der Waals surface area (Å²) < 4.78 is 18.5. The molecule has 30 heavy (non-hydrogen) atoms. The number of ether oxygens (including phenoxy) is 3. The van der Waals surface area contributed by atoms with Crippen LogP contribution in [0, 0.1) is 0 Å². The molecule has 7 nitrogen and oxygen atoms in total. The summed E-state index contributed by atoms with van der Waals surface area (Å²) in [6.45, 7) is 5.12. The highest BCUT2D eigenvalue weighted by Gasteiger charge is 2.12. The van der Waals surface area contributed by atoms with Crippen LogP contribution in [-0.4, -0.2) is 41.4 Å². The van der Waals surface area contributed by atoms with E-state index in [1.807, 2.05) is 12.1 Å². The quantitative estimate of drug-likeness (QED) is 0.343. The van der Waals surface area contributed by atoms with Gasteiger partial charge in [-0.05, 0) is 47.7 Å². The van der Waals surface area contributed by atoms with E-state index in [-0.39, 0.29) is 0 Å². The minimum Gasteiger partial charge on any atom is -0.493 e. The molecule has 0 saturated carbocycles. The Morgan fingerprint density at radius 3 is 2.47 bits per heavy atom. The molecule has 0 amide bonds. The van der Waals surface area contributed by atoms with Crippen LogP contribution in [0.5, 0.6) is 17.2 Å². The van der Waals surface area contributed by atoms with E-state index in [1.165, 1.54) is 22.9 Å². The third-order valence-electron chi connectivity index (χ3n) is 4.66. The van der Waals surface area contributed by atoms with Crippen molar-refractivity contribution in [3.05, 3.63) is 65.2 Å². The average molecular weight is 429 g/mol. The van der Waals surface area contributed by atoms with Crippen molar-refractivity contribution in [3.8, 4) is 17.2 Å². The number of benzene rings is 2. The molecule has 0 aliphatic rings. The van der Waals surface area contributed by atoms with Gasteiger partial charge in [0.15, 0.2) is 11.5 Å². The molecule has 0 aliphatic carbocycles. The van der Waals surface area contributed by atoms with E-state index in [0.29, 0.717) is 35.7 Å². The second-order valence-electron chi connectivity index (χ2n) is 6.70. The molecule has 0 spiro atoms. The van der Waals surface area contributed by atoms with E-state index < -0.39 is 0 Å². The van der Waals surface area contributed by atoms with Crippen molar-refractivity contribution in [3.63, 3.8) is 0 Å². The second-order valence-corrected chi connectivity index (χ2v) is 7.10. The van der Waals surface area contributed by atoms with Gasteiger partial charge >= 0.3 is 0 Å². The normalized spacial score (nSPS) is 12.1. The summed E-state index contributed by atoms with van der Waals surface area (Å²) in [6, 6.07) is 11.7. The summed E-state index contributed by atoms with van der Waals surface area (Å²) in [5.74, 6) is 2.34. The second kappa shape index (κ2) is 10.6. The number of nitrogens with zero attached hydrogens (tertiary/aromatic N) is 4. The van der Waals surface area contributed by atoms with Crippen LogP contribution in [-0.2, 0) is 0 Å². The van der Waals surface area contributed by atoms with Crippen molar-refractivity contribution in [1.82, 2.24) is 14.9 Å². The van der Waals surface area contributed by atoms with E-state index >= 15 is 0 Å². The lowest BCUT2D eigenvalue weighted by Gasteiger charge is -2.14. The van der Waals surface area contributed by atoms with E-state index in [4.69, 9.17) is 25.8 Å². The summed E-state index contributed by atoms with van der Waals surface area (Å²) in [5.41, 5.74) is 2.07. The number of hydrogen-bond acceptors (Lipinski definition) is 6. The molecule has 1 aromatic heterocycles. The van der Waals surface area contributed by atoms with Crippen molar-refractivity contribution >= 4 is 17.8 Å². The Balaban J connectivity index is 1.57. The summed E-state index contributed by atoms with van der Waals surface area (Å²) in [7, 11) is 1.56. The molecule has 8 heteroatoms.